The Morgan fingerprint density at radius 2 is 2.17 bits per heavy atom. The van der Waals surface area contributed by atoms with Crippen LogP contribution in [0.1, 0.15) is 25.3 Å². The summed E-state index contributed by atoms with van der Waals surface area (Å²) < 4.78 is 11.2. The molecule has 0 aromatic heterocycles. The van der Waals surface area contributed by atoms with E-state index in [4.69, 9.17) is 9.47 Å². The Labute approximate surface area is 143 Å². The molecule has 0 spiro atoms. The molecular formula is C19H26N2O3. The normalized spacial score (nSPS) is 20.5. The molecule has 1 unspecified atom stereocenters. The molecule has 0 saturated carbocycles. The molecule has 24 heavy (non-hydrogen) atoms. The van der Waals surface area contributed by atoms with E-state index in [1.54, 1.807) is 0 Å². The van der Waals surface area contributed by atoms with Crippen molar-refractivity contribution in [3.05, 3.63) is 35.9 Å². The highest BCUT2D eigenvalue weighted by Gasteiger charge is 2.23. The predicted octanol–water partition coefficient (Wildman–Crippen LogP) is 2.36. The van der Waals surface area contributed by atoms with Crippen LogP contribution in [0.3, 0.4) is 0 Å². The van der Waals surface area contributed by atoms with Gasteiger partial charge in [0.15, 0.2) is 11.5 Å². The molecule has 3 rings (SSSR count). The van der Waals surface area contributed by atoms with Gasteiger partial charge in [-0.25, -0.2) is 0 Å². The van der Waals surface area contributed by atoms with Crippen LogP contribution in [0.5, 0.6) is 11.5 Å². The summed E-state index contributed by atoms with van der Waals surface area (Å²) in [6.07, 6.45) is 5.40. The van der Waals surface area contributed by atoms with Gasteiger partial charge < -0.3 is 14.8 Å². The Kier molecular flexibility index (Phi) is 5.75. The Morgan fingerprint density at radius 1 is 1.33 bits per heavy atom. The number of nitrogens with zero attached hydrogens (tertiary/aromatic N) is 1. The summed E-state index contributed by atoms with van der Waals surface area (Å²) in [7, 11) is 0. The second kappa shape index (κ2) is 8.20. The first kappa shape index (κ1) is 16.8. The van der Waals surface area contributed by atoms with Gasteiger partial charge in [-0.05, 0) is 43.5 Å². The quantitative estimate of drug-likeness (QED) is 0.814. The summed E-state index contributed by atoms with van der Waals surface area (Å²) in [4.78, 5) is 14.1. The monoisotopic (exact) mass is 330 g/mol. The topological polar surface area (TPSA) is 50.8 Å². The second-order valence-electron chi connectivity index (χ2n) is 6.45. The van der Waals surface area contributed by atoms with Crippen molar-refractivity contribution in [1.29, 1.82) is 0 Å². The number of nitrogens with one attached hydrogen (secondary N) is 1. The van der Waals surface area contributed by atoms with Crippen molar-refractivity contribution in [2.24, 2.45) is 5.92 Å². The molecule has 1 saturated heterocycles. The highest BCUT2D eigenvalue weighted by Crippen LogP contribution is 2.31. The fraction of sp³-hybridized carbons (Fsp3) is 0.526. The molecule has 1 aromatic rings. The molecule has 2 heterocycles. The van der Waals surface area contributed by atoms with Crippen LogP contribution in [0, 0.1) is 5.92 Å². The Bertz CT molecular complexity index is 600. The van der Waals surface area contributed by atoms with E-state index in [0.29, 0.717) is 25.6 Å². The van der Waals surface area contributed by atoms with E-state index < -0.39 is 0 Å². The Morgan fingerprint density at radius 3 is 3.00 bits per heavy atom. The first-order valence-electron chi connectivity index (χ1n) is 8.73. The van der Waals surface area contributed by atoms with Gasteiger partial charge in [0.2, 0.25) is 5.91 Å². The third kappa shape index (κ3) is 4.51. The number of hydrogen-bond donors (Lipinski definition) is 1. The maximum atomic E-state index is 11.7. The minimum Gasteiger partial charge on any atom is -0.486 e. The van der Waals surface area contributed by atoms with Gasteiger partial charge in [-0.15, -0.1) is 0 Å². The zero-order valence-corrected chi connectivity index (χ0v) is 14.3. The summed E-state index contributed by atoms with van der Waals surface area (Å²) in [5.41, 5.74) is 1.25. The van der Waals surface area contributed by atoms with E-state index in [1.807, 2.05) is 25.1 Å². The molecule has 1 fully saturated rings. The van der Waals surface area contributed by atoms with Crippen LogP contribution in [0.25, 0.3) is 0 Å². The molecule has 5 nitrogen and oxygen atoms in total. The number of rotatable bonds is 6. The number of hydrogen-bond acceptors (Lipinski definition) is 4. The van der Waals surface area contributed by atoms with Crippen LogP contribution in [0.15, 0.2) is 30.4 Å². The number of carbonyl (C=O) groups is 1. The number of allylic oxidation sites excluding steroid dienone is 1. The second-order valence-corrected chi connectivity index (χ2v) is 6.45. The molecule has 1 atom stereocenters. The lowest BCUT2D eigenvalue weighted by Crippen LogP contribution is -2.30. The van der Waals surface area contributed by atoms with Gasteiger partial charge in [-0.3, -0.25) is 9.69 Å². The van der Waals surface area contributed by atoms with Gasteiger partial charge in [-0.2, -0.15) is 0 Å². The smallest absolute Gasteiger partial charge is 0.223 e. The van der Waals surface area contributed by atoms with Gasteiger partial charge >= 0.3 is 0 Å². The van der Waals surface area contributed by atoms with Crippen molar-refractivity contribution in [3.63, 3.8) is 0 Å². The fourth-order valence-corrected chi connectivity index (χ4v) is 3.22. The highest BCUT2D eigenvalue weighted by molar-refractivity contribution is 5.77. The van der Waals surface area contributed by atoms with E-state index >= 15 is 0 Å². The van der Waals surface area contributed by atoms with Gasteiger partial charge in [0.1, 0.15) is 13.2 Å². The van der Waals surface area contributed by atoms with Gasteiger partial charge in [0.25, 0.3) is 0 Å². The number of fused-ring (bicyclic) bond motifs is 1. The van der Waals surface area contributed by atoms with Crippen LogP contribution in [-0.4, -0.2) is 43.7 Å². The Balaban J connectivity index is 1.45. The lowest BCUT2D eigenvalue weighted by molar-refractivity contribution is -0.120. The number of benzene rings is 1. The standard InChI is InChI=1S/C19H26N2O3/c1-2-3-4-19(22)20-12-16-7-8-21(14-16)13-15-5-6-17-18(11-15)24-10-9-23-17/h2-3,5-6,11,16H,4,7-10,12-14H2,1H3,(H,20,22). The molecular weight excluding hydrogens is 304 g/mol. The number of amides is 1. The van der Waals surface area contributed by atoms with Crippen LogP contribution >= 0.6 is 0 Å². The van der Waals surface area contributed by atoms with Crippen LogP contribution < -0.4 is 14.8 Å². The van der Waals surface area contributed by atoms with E-state index in [0.717, 1.165) is 44.1 Å². The van der Waals surface area contributed by atoms with E-state index in [9.17, 15) is 4.79 Å². The molecule has 130 valence electrons. The fourth-order valence-electron chi connectivity index (χ4n) is 3.22. The molecule has 0 aliphatic carbocycles. The highest BCUT2D eigenvalue weighted by atomic mass is 16.6. The summed E-state index contributed by atoms with van der Waals surface area (Å²) in [6.45, 7) is 6.96. The predicted molar refractivity (Wildman–Crippen MR) is 93.3 cm³/mol. The molecule has 5 heteroatoms. The zero-order valence-electron chi connectivity index (χ0n) is 14.3. The molecule has 1 N–H and O–H groups in total. The first-order chi connectivity index (χ1) is 11.7. The SMILES string of the molecule is CC=CCC(=O)NCC1CCN(Cc2ccc3c(c2)OCCO3)C1. The van der Waals surface area contributed by atoms with Crippen molar-refractivity contribution >= 4 is 5.91 Å². The minimum atomic E-state index is 0.110. The van der Waals surface area contributed by atoms with Crippen LogP contribution in [-0.2, 0) is 11.3 Å². The van der Waals surface area contributed by atoms with Gasteiger partial charge in [-0.1, -0.05) is 18.2 Å². The summed E-state index contributed by atoms with van der Waals surface area (Å²) >= 11 is 0. The molecule has 2 aliphatic heterocycles. The van der Waals surface area contributed by atoms with Crippen molar-refractivity contribution in [3.8, 4) is 11.5 Å². The van der Waals surface area contributed by atoms with Crippen molar-refractivity contribution in [2.45, 2.75) is 26.3 Å². The minimum absolute atomic E-state index is 0.110. The Hall–Kier alpha value is -2.01. The molecule has 1 amide bonds. The van der Waals surface area contributed by atoms with Gasteiger partial charge in [0.05, 0.1) is 0 Å². The van der Waals surface area contributed by atoms with E-state index in [-0.39, 0.29) is 5.91 Å². The number of carbonyl (C=O) groups excluding carboxylic acids is 1. The lowest BCUT2D eigenvalue weighted by atomic mass is 10.1. The third-order valence-electron chi connectivity index (χ3n) is 4.51. The maximum absolute atomic E-state index is 11.7. The molecule has 2 aliphatic rings. The summed E-state index contributed by atoms with van der Waals surface area (Å²) in [6, 6.07) is 6.19. The summed E-state index contributed by atoms with van der Waals surface area (Å²) in [5.74, 6) is 2.34. The number of likely N-dealkylation sites (tertiary alicyclic amines) is 1. The van der Waals surface area contributed by atoms with Crippen LogP contribution in [0.2, 0.25) is 0 Å². The van der Waals surface area contributed by atoms with Gasteiger partial charge in [0, 0.05) is 26.1 Å². The van der Waals surface area contributed by atoms with Crippen molar-refractivity contribution < 1.29 is 14.3 Å². The molecule has 1 aromatic carbocycles. The third-order valence-corrected chi connectivity index (χ3v) is 4.51. The number of ether oxygens (including phenoxy) is 2. The molecule has 0 bridgehead atoms. The molecule has 0 radical (unpaired) electrons. The average Bonchev–Trinajstić information content (AvgIpc) is 3.05. The maximum Gasteiger partial charge on any atom is 0.223 e. The zero-order chi connectivity index (χ0) is 16.8. The van der Waals surface area contributed by atoms with Crippen molar-refractivity contribution in [2.75, 3.05) is 32.8 Å². The van der Waals surface area contributed by atoms with Crippen molar-refractivity contribution in [1.82, 2.24) is 10.2 Å². The summed E-state index contributed by atoms with van der Waals surface area (Å²) in [5, 5.41) is 3.03. The van der Waals surface area contributed by atoms with E-state index in [2.05, 4.69) is 22.3 Å². The first-order valence-corrected chi connectivity index (χ1v) is 8.73. The lowest BCUT2D eigenvalue weighted by Gasteiger charge is -2.21. The van der Waals surface area contributed by atoms with Crippen LogP contribution in [0.4, 0.5) is 0 Å². The largest absolute Gasteiger partial charge is 0.486 e. The van der Waals surface area contributed by atoms with E-state index in [1.165, 1.54) is 5.56 Å². The average molecular weight is 330 g/mol.